The first kappa shape index (κ1) is 27.0. The maximum Gasteiger partial charge on any atom is 0.337 e. The molecule has 3 aromatic carbocycles. The Hall–Kier alpha value is -3.60. The van der Waals surface area contributed by atoms with Gasteiger partial charge in [0.1, 0.15) is 6.54 Å². The van der Waals surface area contributed by atoms with Crippen LogP contribution in [-0.4, -0.2) is 47.0 Å². The van der Waals surface area contributed by atoms with Crippen molar-refractivity contribution in [2.45, 2.75) is 4.90 Å². The van der Waals surface area contributed by atoms with Crippen LogP contribution in [0.1, 0.15) is 20.7 Å². The van der Waals surface area contributed by atoms with Gasteiger partial charge in [0.05, 0.1) is 46.0 Å². The molecule has 0 fully saturated rings. The van der Waals surface area contributed by atoms with E-state index in [4.69, 9.17) is 23.2 Å². The van der Waals surface area contributed by atoms with Crippen LogP contribution in [0.3, 0.4) is 0 Å². The van der Waals surface area contributed by atoms with E-state index in [1.807, 2.05) is 0 Å². The van der Waals surface area contributed by atoms with E-state index in [1.54, 1.807) is 18.2 Å². The van der Waals surface area contributed by atoms with Gasteiger partial charge in [0.25, 0.3) is 10.0 Å². The number of carbonyl (C=O) groups excluding carboxylic acids is 3. The van der Waals surface area contributed by atoms with Crippen LogP contribution in [0.2, 0.25) is 10.0 Å². The van der Waals surface area contributed by atoms with E-state index in [-0.39, 0.29) is 37.4 Å². The van der Waals surface area contributed by atoms with Crippen molar-refractivity contribution in [2.24, 2.45) is 0 Å². The first-order valence-electron chi connectivity index (χ1n) is 10.2. The van der Waals surface area contributed by atoms with Gasteiger partial charge in [-0.15, -0.1) is 0 Å². The Morgan fingerprint density at radius 2 is 1.42 bits per heavy atom. The molecule has 0 aromatic heterocycles. The Kier molecular flexibility index (Phi) is 8.57. The molecule has 12 heteroatoms. The molecule has 0 bridgehead atoms. The Labute approximate surface area is 217 Å². The summed E-state index contributed by atoms with van der Waals surface area (Å²) in [5.74, 6) is -2.26. The van der Waals surface area contributed by atoms with Crippen LogP contribution < -0.4 is 9.62 Å². The summed E-state index contributed by atoms with van der Waals surface area (Å²) in [6, 6.07) is 15.5. The number of hydrogen-bond donors (Lipinski definition) is 1. The first-order valence-corrected chi connectivity index (χ1v) is 12.4. The Balaban J connectivity index is 1.99. The van der Waals surface area contributed by atoms with Crippen LogP contribution in [0, 0.1) is 0 Å². The number of esters is 2. The van der Waals surface area contributed by atoms with E-state index >= 15 is 0 Å². The van der Waals surface area contributed by atoms with Crippen molar-refractivity contribution in [2.75, 3.05) is 30.4 Å². The summed E-state index contributed by atoms with van der Waals surface area (Å²) >= 11 is 12.1. The summed E-state index contributed by atoms with van der Waals surface area (Å²) in [6.07, 6.45) is 0. The lowest BCUT2D eigenvalue weighted by Gasteiger charge is -2.24. The summed E-state index contributed by atoms with van der Waals surface area (Å²) in [5.41, 5.74) is 0.111. The van der Waals surface area contributed by atoms with Crippen LogP contribution in [0.5, 0.6) is 0 Å². The molecule has 0 atom stereocenters. The average Bonchev–Trinajstić information content (AvgIpc) is 2.88. The van der Waals surface area contributed by atoms with Gasteiger partial charge in [-0.1, -0.05) is 41.4 Å². The number of sulfonamides is 1. The van der Waals surface area contributed by atoms with Crippen molar-refractivity contribution in [3.05, 3.63) is 87.9 Å². The normalized spacial score (nSPS) is 10.9. The number of carbonyl (C=O) groups is 3. The molecule has 0 spiro atoms. The van der Waals surface area contributed by atoms with Gasteiger partial charge in [0.2, 0.25) is 5.91 Å². The van der Waals surface area contributed by atoms with Crippen LogP contribution in [0.25, 0.3) is 0 Å². The number of hydrogen-bond acceptors (Lipinski definition) is 7. The molecular weight excluding hydrogens is 531 g/mol. The number of amides is 1. The van der Waals surface area contributed by atoms with Crippen molar-refractivity contribution < 1.29 is 32.3 Å². The second kappa shape index (κ2) is 11.4. The standard InChI is InChI=1S/C24H20Cl2N2O7S/c1-34-23(30)15-10-16(24(31)35-2)12-17(11-15)27-22(29)14-28(18-8-9-20(25)21(26)13-18)36(32,33)19-6-4-3-5-7-19/h3-13H,14H2,1-2H3,(H,27,29). The summed E-state index contributed by atoms with van der Waals surface area (Å²) < 4.78 is 37.1. The van der Waals surface area contributed by atoms with E-state index in [0.29, 0.717) is 0 Å². The number of benzene rings is 3. The van der Waals surface area contributed by atoms with E-state index in [9.17, 15) is 22.8 Å². The maximum atomic E-state index is 13.4. The maximum absolute atomic E-state index is 13.4. The van der Waals surface area contributed by atoms with E-state index in [0.717, 1.165) is 18.5 Å². The third-order valence-electron chi connectivity index (χ3n) is 4.87. The summed E-state index contributed by atoms with van der Waals surface area (Å²) in [5, 5.41) is 2.81. The van der Waals surface area contributed by atoms with Crippen molar-refractivity contribution >= 4 is 62.4 Å². The Bertz CT molecular complexity index is 1380. The summed E-state index contributed by atoms with van der Waals surface area (Å²) in [6.45, 7) is -0.662. The van der Waals surface area contributed by atoms with Gasteiger partial charge in [0, 0.05) is 5.69 Å². The zero-order valence-corrected chi connectivity index (χ0v) is 21.4. The fraction of sp³-hybridized carbons (Fsp3) is 0.125. The SMILES string of the molecule is COC(=O)c1cc(NC(=O)CN(c2ccc(Cl)c(Cl)c2)S(=O)(=O)c2ccccc2)cc(C(=O)OC)c1. The highest BCUT2D eigenvalue weighted by molar-refractivity contribution is 7.92. The molecule has 36 heavy (non-hydrogen) atoms. The van der Waals surface area contributed by atoms with Crippen molar-refractivity contribution in [1.29, 1.82) is 0 Å². The third kappa shape index (κ3) is 6.14. The van der Waals surface area contributed by atoms with Crippen molar-refractivity contribution in [3.63, 3.8) is 0 Å². The molecule has 3 rings (SSSR count). The number of ether oxygens (including phenoxy) is 2. The Morgan fingerprint density at radius 3 is 1.94 bits per heavy atom. The molecule has 1 amide bonds. The minimum absolute atomic E-state index is 0.0195. The van der Waals surface area contributed by atoms with Gasteiger partial charge in [-0.05, 0) is 48.5 Å². The fourth-order valence-electron chi connectivity index (χ4n) is 3.18. The Morgan fingerprint density at radius 1 is 0.833 bits per heavy atom. The minimum Gasteiger partial charge on any atom is -0.465 e. The predicted molar refractivity (Wildman–Crippen MR) is 135 cm³/mol. The van der Waals surface area contributed by atoms with Crippen LogP contribution >= 0.6 is 23.2 Å². The number of anilines is 2. The highest BCUT2D eigenvalue weighted by Gasteiger charge is 2.28. The number of nitrogens with one attached hydrogen (secondary N) is 1. The minimum atomic E-state index is -4.20. The lowest BCUT2D eigenvalue weighted by atomic mass is 10.1. The van der Waals surface area contributed by atoms with E-state index < -0.39 is 34.4 Å². The molecule has 1 N–H and O–H groups in total. The molecule has 0 radical (unpaired) electrons. The molecule has 0 saturated carbocycles. The molecule has 0 aliphatic heterocycles. The molecular formula is C24H20Cl2N2O7S. The van der Waals surface area contributed by atoms with Gasteiger partial charge >= 0.3 is 11.9 Å². The topological polar surface area (TPSA) is 119 Å². The second-order valence-corrected chi connectivity index (χ2v) is 9.93. The van der Waals surface area contributed by atoms with Gasteiger partial charge in [-0.3, -0.25) is 9.10 Å². The van der Waals surface area contributed by atoms with E-state index in [1.165, 1.54) is 48.5 Å². The molecule has 0 unspecified atom stereocenters. The smallest absolute Gasteiger partial charge is 0.337 e. The highest BCUT2D eigenvalue weighted by Crippen LogP contribution is 2.30. The van der Waals surface area contributed by atoms with Crippen molar-refractivity contribution in [1.82, 2.24) is 0 Å². The number of halogens is 2. The van der Waals surface area contributed by atoms with Gasteiger partial charge in [-0.2, -0.15) is 0 Å². The lowest BCUT2D eigenvalue weighted by molar-refractivity contribution is -0.114. The molecule has 0 saturated heterocycles. The molecule has 9 nitrogen and oxygen atoms in total. The third-order valence-corrected chi connectivity index (χ3v) is 7.40. The number of methoxy groups -OCH3 is 2. The number of rotatable bonds is 8. The van der Waals surface area contributed by atoms with Crippen molar-refractivity contribution in [3.8, 4) is 0 Å². The largest absolute Gasteiger partial charge is 0.465 e. The van der Waals surface area contributed by atoms with E-state index in [2.05, 4.69) is 14.8 Å². The average molecular weight is 551 g/mol. The monoisotopic (exact) mass is 550 g/mol. The quantitative estimate of drug-likeness (QED) is 0.412. The zero-order chi connectivity index (χ0) is 26.5. The molecule has 0 aliphatic carbocycles. The highest BCUT2D eigenvalue weighted by atomic mass is 35.5. The zero-order valence-electron chi connectivity index (χ0n) is 19.0. The number of nitrogens with zero attached hydrogens (tertiary/aromatic N) is 1. The summed E-state index contributed by atoms with van der Waals surface area (Å²) in [7, 11) is -1.88. The molecule has 0 aliphatic rings. The first-order chi connectivity index (χ1) is 17.1. The second-order valence-electron chi connectivity index (χ2n) is 7.25. The molecule has 0 heterocycles. The van der Waals surface area contributed by atoms with Gasteiger partial charge in [-0.25, -0.2) is 18.0 Å². The van der Waals surface area contributed by atoms with Crippen LogP contribution in [-0.2, 0) is 24.3 Å². The predicted octanol–water partition coefficient (Wildman–Crippen LogP) is 4.40. The molecule has 188 valence electrons. The van der Waals surface area contributed by atoms with Crippen LogP contribution in [0.15, 0.2) is 71.6 Å². The van der Waals surface area contributed by atoms with Crippen LogP contribution in [0.4, 0.5) is 11.4 Å². The molecule has 3 aromatic rings. The lowest BCUT2D eigenvalue weighted by Crippen LogP contribution is -2.38. The fourth-order valence-corrected chi connectivity index (χ4v) is 4.90. The van der Waals surface area contributed by atoms with Gasteiger partial charge < -0.3 is 14.8 Å². The van der Waals surface area contributed by atoms with Gasteiger partial charge in [0.15, 0.2) is 0 Å². The summed E-state index contributed by atoms with van der Waals surface area (Å²) in [4.78, 5) is 37.0.